The third-order valence-electron chi connectivity index (χ3n) is 4.74. The van der Waals surface area contributed by atoms with Gasteiger partial charge >= 0.3 is 0 Å². The Balaban J connectivity index is 1.81. The monoisotopic (exact) mass is 146 g/mol. The van der Waals surface area contributed by atoms with Crippen molar-refractivity contribution in [3.63, 3.8) is 0 Å². The number of hydrogen-bond donors (Lipinski definition) is 0. The molecule has 0 heteroatoms. The van der Waals surface area contributed by atoms with Gasteiger partial charge in [-0.1, -0.05) is 12.2 Å². The molecule has 0 aliphatic heterocycles. The Morgan fingerprint density at radius 1 is 0.818 bits per heavy atom. The van der Waals surface area contributed by atoms with E-state index in [1.54, 1.807) is 12.8 Å². The zero-order valence-electron chi connectivity index (χ0n) is 6.74. The Labute approximate surface area is 67.7 Å². The molecule has 0 aromatic heterocycles. The molecule has 0 aromatic carbocycles. The second-order valence-corrected chi connectivity index (χ2v) is 5.08. The first-order chi connectivity index (χ1) is 5.43. The second-order valence-electron chi connectivity index (χ2n) is 5.08. The fourth-order valence-corrected chi connectivity index (χ4v) is 4.29. The third kappa shape index (κ3) is 0.483. The van der Waals surface area contributed by atoms with Gasteiger partial charge in [-0.3, -0.25) is 0 Å². The van der Waals surface area contributed by atoms with Crippen LogP contribution in [0.15, 0.2) is 12.2 Å². The largest absolute Gasteiger partial charge is 0.0848 e. The highest BCUT2D eigenvalue weighted by atomic mass is 14.7. The van der Waals surface area contributed by atoms with Gasteiger partial charge < -0.3 is 0 Å². The normalized spacial score (nSPS) is 68.4. The van der Waals surface area contributed by atoms with E-state index in [9.17, 15) is 0 Å². The third-order valence-corrected chi connectivity index (χ3v) is 4.74. The van der Waals surface area contributed by atoms with Crippen molar-refractivity contribution < 1.29 is 0 Å². The summed E-state index contributed by atoms with van der Waals surface area (Å²) in [6.45, 7) is 0. The van der Waals surface area contributed by atoms with Crippen LogP contribution in [-0.4, -0.2) is 0 Å². The summed E-state index contributed by atoms with van der Waals surface area (Å²) in [6.07, 6.45) is 9.75. The van der Waals surface area contributed by atoms with Crippen LogP contribution in [0.4, 0.5) is 0 Å². The summed E-state index contributed by atoms with van der Waals surface area (Å²) in [7, 11) is 0. The lowest BCUT2D eigenvalue weighted by molar-refractivity contribution is 0.315. The standard InChI is InChI=1S/C11H14/c1-2-7-3-6(1)9-4-8-5-10(8)11(7)9/h1-2,6-11H,3-5H2/t6-,7+,8+,9?,10-,11?/m1/s1. The van der Waals surface area contributed by atoms with Crippen LogP contribution in [0, 0.1) is 35.5 Å². The van der Waals surface area contributed by atoms with Gasteiger partial charge in [0.25, 0.3) is 0 Å². The molecule has 4 aliphatic carbocycles. The summed E-state index contributed by atoms with van der Waals surface area (Å²) in [5.41, 5.74) is 0. The minimum absolute atomic E-state index is 1.03. The summed E-state index contributed by atoms with van der Waals surface area (Å²) in [5, 5.41) is 0. The molecular formula is C11H14. The van der Waals surface area contributed by atoms with E-state index in [-0.39, 0.29) is 0 Å². The van der Waals surface area contributed by atoms with Gasteiger partial charge in [0, 0.05) is 0 Å². The van der Waals surface area contributed by atoms with E-state index in [0.29, 0.717) is 0 Å². The zero-order valence-corrected chi connectivity index (χ0v) is 6.74. The lowest BCUT2D eigenvalue weighted by Gasteiger charge is -2.22. The van der Waals surface area contributed by atoms with Crippen molar-refractivity contribution in [1.29, 1.82) is 0 Å². The fourth-order valence-electron chi connectivity index (χ4n) is 4.29. The van der Waals surface area contributed by atoms with Crippen molar-refractivity contribution in [3.8, 4) is 0 Å². The number of rotatable bonds is 0. The Kier molecular flexibility index (Phi) is 0.706. The molecule has 4 rings (SSSR count). The topological polar surface area (TPSA) is 0 Å². The molecule has 0 radical (unpaired) electrons. The van der Waals surface area contributed by atoms with Crippen LogP contribution < -0.4 is 0 Å². The van der Waals surface area contributed by atoms with E-state index in [1.807, 2.05) is 0 Å². The quantitative estimate of drug-likeness (QED) is 0.460. The van der Waals surface area contributed by atoms with Gasteiger partial charge in [0.2, 0.25) is 0 Å². The van der Waals surface area contributed by atoms with Crippen LogP contribution >= 0.6 is 0 Å². The number of hydrogen-bond acceptors (Lipinski definition) is 0. The van der Waals surface area contributed by atoms with Crippen LogP contribution in [-0.2, 0) is 0 Å². The summed E-state index contributed by atoms with van der Waals surface area (Å²) >= 11 is 0. The van der Waals surface area contributed by atoms with E-state index in [1.165, 1.54) is 18.3 Å². The molecule has 0 heterocycles. The van der Waals surface area contributed by atoms with Crippen LogP contribution in [0.1, 0.15) is 19.3 Å². The average molecular weight is 146 g/mol. The van der Waals surface area contributed by atoms with E-state index in [2.05, 4.69) is 12.2 Å². The van der Waals surface area contributed by atoms with Gasteiger partial charge in [0.15, 0.2) is 0 Å². The highest BCUT2D eigenvalue weighted by Crippen LogP contribution is 2.68. The molecule has 6 atom stereocenters. The maximum Gasteiger partial charge on any atom is -0.0194 e. The molecule has 0 spiro atoms. The van der Waals surface area contributed by atoms with Crippen LogP contribution in [0.5, 0.6) is 0 Å². The minimum atomic E-state index is 1.03. The summed E-state index contributed by atoms with van der Waals surface area (Å²) in [6, 6.07) is 0. The number of fused-ring (bicyclic) bond motifs is 7. The molecule has 2 unspecified atom stereocenters. The molecule has 2 bridgehead atoms. The SMILES string of the molecule is C1=C[C@H]2C[C@@H]1C1C[C@H]3C[C@H]3C12. The lowest BCUT2D eigenvalue weighted by atomic mass is 9.82. The van der Waals surface area contributed by atoms with Gasteiger partial charge in [-0.05, 0) is 54.8 Å². The highest BCUT2D eigenvalue weighted by molar-refractivity contribution is 5.20. The van der Waals surface area contributed by atoms with Crippen LogP contribution in [0.2, 0.25) is 0 Å². The maximum atomic E-state index is 2.52. The van der Waals surface area contributed by atoms with Crippen molar-refractivity contribution in [1.82, 2.24) is 0 Å². The Morgan fingerprint density at radius 3 is 2.55 bits per heavy atom. The van der Waals surface area contributed by atoms with E-state index >= 15 is 0 Å². The minimum Gasteiger partial charge on any atom is -0.0848 e. The first-order valence-corrected chi connectivity index (χ1v) is 5.12. The molecule has 3 saturated carbocycles. The van der Waals surface area contributed by atoms with Crippen molar-refractivity contribution in [2.75, 3.05) is 0 Å². The Morgan fingerprint density at radius 2 is 1.64 bits per heavy atom. The lowest BCUT2D eigenvalue weighted by Crippen LogP contribution is -2.16. The van der Waals surface area contributed by atoms with Crippen molar-refractivity contribution in [3.05, 3.63) is 12.2 Å². The molecule has 11 heavy (non-hydrogen) atoms. The maximum absolute atomic E-state index is 2.52. The molecule has 0 amide bonds. The van der Waals surface area contributed by atoms with Crippen LogP contribution in [0.3, 0.4) is 0 Å². The molecule has 0 nitrogen and oxygen atoms in total. The van der Waals surface area contributed by atoms with E-state index < -0.39 is 0 Å². The van der Waals surface area contributed by atoms with Gasteiger partial charge in [0.1, 0.15) is 0 Å². The van der Waals surface area contributed by atoms with E-state index in [0.717, 1.165) is 23.7 Å². The molecule has 0 aromatic rings. The smallest absolute Gasteiger partial charge is 0.0194 e. The van der Waals surface area contributed by atoms with Gasteiger partial charge in [-0.25, -0.2) is 0 Å². The Hall–Kier alpha value is -0.260. The molecule has 3 fully saturated rings. The molecule has 4 aliphatic rings. The predicted octanol–water partition coefficient (Wildman–Crippen LogP) is 2.46. The first kappa shape index (κ1) is 5.40. The van der Waals surface area contributed by atoms with Crippen LogP contribution in [0.25, 0.3) is 0 Å². The highest BCUT2D eigenvalue weighted by Gasteiger charge is 2.60. The molecule has 58 valence electrons. The average Bonchev–Trinajstić information content (AvgIpc) is 2.53. The van der Waals surface area contributed by atoms with Crippen molar-refractivity contribution >= 4 is 0 Å². The zero-order chi connectivity index (χ0) is 7.00. The fraction of sp³-hybridized carbons (Fsp3) is 0.818. The van der Waals surface area contributed by atoms with Gasteiger partial charge in [-0.15, -0.1) is 0 Å². The number of allylic oxidation sites excluding steroid dienone is 2. The Bertz CT molecular complexity index is 240. The first-order valence-electron chi connectivity index (χ1n) is 5.12. The van der Waals surface area contributed by atoms with Gasteiger partial charge in [-0.2, -0.15) is 0 Å². The predicted molar refractivity (Wildman–Crippen MR) is 43.9 cm³/mol. The van der Waals surface area contributed by atoms with E-state index in [4.69, 9.17) is 0 Å². The molecule has 0 N–H and O–H groups in total. The summed E-state index contributed by atoms with van der Waals surface area (Å²) < 4.78 is 0. The van der Waals surface area contributed by atoms with Crippen molar-refractivity contribution in [2.24, 2.45) is 35.5 Å². The van der Waals surface area contributed by atoms with Crippen molar-refractivity contribution in [2.45, 2.75) is 19.3 Å². The summed E-state index contributed by atoms with van der Waals surface area (Å²) in [5.74, 6) is 6.75. The second kappa shape index (κ2) is 1.44. The summed E-state index contributed by atoms with van der Waals surface area (Å²) in [4.78, 5) is 0. The molecular weight excluding hydrogens is 132 g/mol. The molecule has 0 saturated heterocycles. The van der Waals surface area contributed by atoms with Gasteiger partial charge in [0.05, 0.1) is 0 Å².